The minimum atomic E-state index is -3.85. The topological polar surface area (TPSA) is 94.1 Å². The van der Waals surface area contributed by atoms with Crippen LogP contribution >= 0.6 is 0 Å². The fraction of sp³-hybridized carbons (Fsp3) is 0.0952. The Kier molecular flexibility index (Phi) is 5.28. The highest BCUT2D eigenvalue weighted by molar-refractivity contribution is 7.92. The molecular formula is C21H17FN4O3S. The molecule has 0 aliphatic rings. The van der Waals surface area contributed by atoms with E-state index in [-0.39, 0.29) is 10.7 Å². The number of rotatable bonds is 6. The fourth-order valence-corrected chi connectivity index (χ4v) is 4.15. The van der Waals surface area contributed by atoms with Crippen molar-refractivity contribution in [2.75, 3.05) is 11.8 Å². The van der Waals surface area contributed by atoms with Crippen LogP contribution in [0, 0.1) is 0 Å². The number of fused-ring (bicyclic) bond motifs is 1. The molecule has 0 aliphatic carbocycles. The van der Waals surface area contributed by atoms with E-state index in [0.29, 0.717) is 16.8 Å². The summed E-state index contributed by atoms with van der Waals surface area (Å²) in [5, 5.41) is 0.741. The van der Waals surface area contributed by atoms with Gasteiger partial charge in [-0.15, -0.1) is 0 Å². The molecule has 0 spiro atoms. The number of aromatic nitrogens is 3. The normalized spacial score (nSPS) is 11.4. The van der Waals surface area contributed by atoms with Crippen molar-refractivity contribution in [3.05, 3.63) is 72.8 Å². The summed E-state index contributed by atoms with van der Waals surface area (Å²) in [5.41, 5.74) is 2.57. The molecule has 0 radical (unpaired) electrons. The highest BCUT2D eigenvalue weighted by Gasteiger charge is 2.17. The molecule has 0 aliphatic heterocycles. The standard InChI is InChI=1S/C21H17FN4O3S/c1-29-20-10-14(12-22)2-4-18(20)16-6-9-24-19-11-15(3-5-17(16)19)30(27,28)26-21-7-8-23-13-25-21/h2-11,13H,12H2,1H3,(H,23,25,26). The summed E-state index contributed by atoms with van der Waals surface area (Å²) >= 11 is 0. The molecule has 0 saturated carbocycles. The van der Waals surface area contributed by atoms with E-state index in [1.807, 2.05) is 6.07 Å². The molecule has 0 atom stereocenters. The first-order valence-electron chi connectivity index (χ1n) is 8.92. The number of alkyl halides is 1. The quantitative estimate of drug-likeness (QED) is 0.503. The third-order valence-corrected chi connectivity index (χ3v) is 5.91. The van der Waals surface area contributed by atoms with Crippen molar-refractivity contribution in [3.63, 3.8) is 0 Å². The molecule has 0 unspecified atom stereocenters. The van der Waals surface area contributed by atoms with Crippen LogP contribution in [0.15, 0.2) is 72.1 Å². The largest absolute Gasteiger partial charge is 0.496 e. The summed E-state index contributed by atoms with van der Waals surface area (Å²) < 4.78 is 46.3. The number of methoxy groups -OCH3 is 1. The van der Waals surface area contributed by atoms with Crippen LogP contribution in [0.1, 0.15) is 5.56 Å². The first-order chi connectivity index (χ1) is 14.5. The Morgan fingerprint density at radius 3 is 2.60 bits per heavy atom. The van der Waals surface area contributed by atoms with Gasteiger partial charge in [0.2, 0.25) is 0 Å². The van der Waals surface area contributed by atoms with E-state index in [2.05, 4.69) is 19.7 Å². The molecule has 4 rings (SSSR count). The highest BCUT2D eigenvalue weighted by atomic mass is 32.2. The molecule has 0 bridgehead atoms. The number of hydrogen-bond donors (Lipinski definition) is 1. The predicted octanol–water partition coefficient (Wildman–Crippen LogP) is 3.97. The van der Waals surface area contributed by atoms with Gasteiger partial charge >= 0.3 is 0 Å². The second kappa shape index (κ2) is 8.03. The molecule has 7 nitrogen and oxygen atoms in total. The van der Waals surface area contributed by atoms with Gasteiger partial charge in [0.05, 0.1) is 17.5 Å². The lowest BCUT2D eigenvalue weighted by Gasteiger charge is -2.13. The van der Waals surface area contributed by atoms with E-state index >= 15 is 0 Å². The zero-order chi connectivity index (χ0) is 21.1. The Bertz CT molecular complexity index is 1310. The molecule has 4 aromatic rings. The maximum Gasteiger partial charge on any atom is 0.263 e. The van der Waals surface area contributed by atoms with Crippen LogP contribution in [0.4, 0.5) is 10.2 Å². The van der Waals surface area contributed by atoms with Gasteiger partial charge in [-0.3, -0.25) is 9.71 Å². The van der Waals surface area contributed by atoms with E-state index in [4.69, 9.17) is 4.74 Å². The minimum absolute atomic E-state index is 0.0537. The van der Waals surface area contributed by atoms with E-state index < -0.39 is 16.7 Å². The Balaban J connectivity index is 1.78. The predicted molar refractivity (Wildman–Crippen MR) is 111 cm³/mol. The number of nitrogens with zero attached hydrogens (tertiary/aromatic N) is 3. The number of halogens is 1. The van der Waals surface area contributed by atoms with Crippen molar-refractivity contribution < 1.29 is 17.5 Å². The van der Waals surface area contributed by atoms with Crippen LogP contribution < -0.4 is 9.46 Å². The number of pyridine rings is 1. The monoisotopic (exact) mass is 424 g/mol. The van der Waals surface area contributed by atoms with Crippen molar-refractivity contribution in [1.82, 2.24) is 15.0 Å². The number of hydrogen-bond acceptors (Lipinski definition) is 6. The van der Waals surface area contributed by atoms with E-state index in [1.54, 1.807) is 30.5 Å². The second-order valence-electron chi connectivity index (χ2n) is 6.41. The molecule has 1 N–H and O–H groups in total. The molecule has 2 aromatic heterocycles. The average Bonchev–Trinajstić information content (AvgIpc) is 2.78. The molecule has 2 aromatic carbocycles. The van der Waals surface area contributed by atoms with Gasteiger partial charge in [0, 0.05) is 23.3 Å². The van der Waals surface area contributed by atoms with Gasteiger partial charge in [-0.05, 0) is 41.5 Å². The van der Waals surface area contributed by atoms with Crippen LogP contribution in [-0.4, -0.2) is 30.5 Å². The molecular weight excluding hydrogens is 407 g/mol. The van der Waals surface area contributed by atoms with Gasteiger partial charge in [-0.1, -0.05) is 18.2 Å². The first kappa shape index (κ1) is 19.7. The number of anilines is 1. The summed E-state index contributed by atoms with van der Waals surface area (Å²) in [6.45, 7) is -0.589. The Morgan fingerprint density at radius 1 is 1.00 bits per heavy atom. The van der Waals surface area contributed by atoms with Crippen molar-refractivity contribution in [1.29, 1.82) is 0 Å². The van der Waals surface area contributed by atoms with Crippen molar-refractivity contribution in [2.24, 2.45) is 0 Å². The zero-order valence-corrected chi connectivity index (χ0v) is 16.7. The molecule has 0 saturated heterocycles. The van der Waals surface area contributed by atoms with Crippen LogP contribution in [0.3, 0.4) is 0 Å². The minimum Gasteiger partial charge on any atom is -0.496 e. The van der Waals surface area contributed by atoms with Gasteiger partial charge in [-0.2, -0.15) is 0 Å². The fourth-order valence-electron chi connectivity index (χ4n) is 3.12. The highest BCUT2D eigenvalue weighted by Crippen LogP contribution is 2.35. The molecule has 0 amide bonds. The second-order valence-corrected chi connectivity index (χ2v) is 8.09. The number of benzene rings is 2. The van der Waals surface area contributed by atoms with Gasteiger partial charge in [-0.25, -0.2) is 22.8 Å². The maximum absolute atomic E-state index is 13.0. The van der Waals surface area contributed by atoms with Gasteiger partial charge in [0.1, 0.15) is 24.6 Å². The van der Waals surface area contributed by atoms with Crippen molar-refractivity contribution in [2.45, 2.75) is 11.6 Å². The maximum atomic E-state index is 13.0. The van der Waals surface area contributed by atoms with E-state index in [9.17, 15) is 12.8 Å². The SMILES string of the molecule is COc1cc(CF)ccc1-c1ccnc2cc(S(=O)(=O)Nc3ccncn3)ccc12. The van der Waals surface area contributed by atoms with Crippen molar-refractivity contribution >= 4 is 26.7 Å². The van der Waals surface area contributed by atoms with Crippen LogP contribution in [-0.2, 0) is 16.7 Å². The lowest BCUT2D eigenvalue weighted by atomic mass is 9.99. The smallest absolute Gasteiger partial charge is 0.263 e. The average molecular weight is 424 g/mol. The molecule has 9 heteroatoms. The Labute approximate surface area is 172 Å². The summed E-state index contributed by atoms with van der Waals surface area (Å²) in [6.07, 6.45) is 4.29. The molecule has 0 fully saturated rings. The number of ether oxygens (including phenoxy) is 1. The molecule has 2 heterocycles. The number of sulfonamides is 1. The van der Waals surface area contributed by atoms with Crippen LogP contribution in [0.2, 0.25) is 0 Å². The van der Waals surface area contributed by atoms with Crippen LogP contribution in [0.25, 0.3) is 22.0 Å². The zero-order valence-electron chi connectivity index (χ0n) is 15.9. The third-order valence-electron chi connectivity index (χ3n) is 4.56. The third kappa shape index (κ3) is 3.79. The van der Waals surface area contributed by atoms with Gasteiger partial charge in [0.15, 0.2) is 0 Å². The molecule has 30 heavy (non-hydrogen) atoms. The summed E-state index contributed by atoms with van der Waals surface area (Å²) in [6, 6.07) is 13.1. The van der Waals surface area contributed by atoms with Gasteiger partial charge < -0.3 is 4.74 Å². The summed E-state index contributed by atoms with van der Waals surface area (Å²) in [5.74, 6) is 0.698. The summed E-state index contributed by atoms with van der Waals surface area (Å²) in [7, 11) is -2.33. The summed E-state index contributed by atoms with van der Waals surface area (Å²) in [4.78, 5) is 12.0. The number of nitrogens with one attached hydrogen (secondary N) is 1. The first-order valence-corrected chi connectivity index (χ1v) is 10.4. The van der Waals surface area contributed by atoms with Crippen LogP contribution in [0.5, 0.6) is 5.75 Å². The van der Waals surface area contributed by atoms with Crippen molar-refractivity contribution in [3.8, 4) is 16.9 Å². The van der Waals surface area contributed by atoms with E-state index in [1.165, 1.54) is 37.8 Å². The lowest BCUT2D eigenvalue weighted by Crippen LogP contribution is -2.14. The lowest BCUT2D eigenvalue weighted by molar-refractivity contribution is 0.413. The Hall–Kier alpha value is -3.59. The molecule has 152 valence electrons. The van der Waals surface area contributed by atoms with E-state index in [0.717, 1.165) is 16.5 Å². The Morgan fingerprint density at radius 2 is 1.87 bits per heavy atom. The van der Waals surface area contributed by atoms with Gasteiger partial charge in [0.25, 0.3) is 10.0 Å².